The van der Waals surface area contributed by atoms with Gasteiger partial charge in [-0.2, -0.15) is 0 Å². The minimum atomic E-state index is -0.941. The summed E-state index contributed by atoms with van der Waals surface area (Å²) in [6.45, 7) is 4.24. The molecule has 0 unspecified atom stereocenters. The van der Waals surface area contributed by atoms with Crippen LogP contribution in [0.15, 0.2) is 29.8 Å². The van der Waals surface area contributed by atoms with Crippen molar-refractivity contribution in [3.63, 3.8) is 0 Å². The summed E-state index contributed by atoms with van der Waals surface area (Å²) in [5, 5.41) is 10.8. The third kappa shape index (κ3) is 3.41. The second kappa shape index (κ2) is 7.06. The summed E-state index contributed by atoms with van der Waals surface area (Å²) in [5.41, 5.74) is 2.70. The number of fused-ring (bicyclic) bond motifs is 1. The highest BCUT2D eigenvalue weighted by atomic mass is 32.1. The Labute approximate surface area is 148 Å². The van der Waals surface area contributed by atoms with Gasteiger partial charge in [0.15, 0.2) is 17.2 Å². The number of imidazole rings is 1. The van der Waals surface area contributed by atoms with E-state index in [4.69, 9.17) is 9.84 Å². The zero-order chi connectivity index (χ0) is 18.0. The fraction of sp³-hybridized carbons (Fsp3) is 0.278. The van der Waals surface area contributed by atoms with Crippen LogP contribution in [-0.2, 0) is 6.42 Å². The van der Waals surface area contributed by atoms with E-state index in [1.165, 1.54) is 11.3 Å². The summed E-state index contributed by atoms with van der Waals surface area (Å²) < 4.78 is 7.34. The lowest BCUT2D eigenvalue weighted by molar-refractivity contribution is 0.0702. The quantitative estimate of drug-likeness (QED) is 0.653. The van der Waals surface area contributed by atoms with E-state index < -0.39 is 5.97 Å². The van der Waals surface area contributed by atoms with E-state index in [1.54, 1.807) is 22.0 Å². The molecule has 0 spiro atoms. The molecule has 0 aromatic carbocycles. The Morgan fingerprint density at radius 1 is 1.40 bits per heavy atom. The van der Waals surface area contributed by atoms with Crippen LogP contribution >= 0.6 is 11.3 Å². The van der Waals surface area contributed by atoms with Crippen molar-refractivity contribution >= 4 is 28.7 Å². The number of nitrogens with zero attached hydrogens (tertiary/aromatic N) is 2. The molecular weight excluding hydrogens is 340 g/mol. The van der Waals surface area contributed by atoms with Gasteiger partial charge in [0.05, 0.1) is 12.3 Å². The summed E-state index contributed by atoms with van der Waals surface area (Å²) in [7, 11) is 0. The molecule has 0 saturated carbocycles. The van der Waals surface area contributed by atoms with Crippen molar-refractivity contribution < 1.29 is 19.4 Å². The molecule has 6 nitrogen and oxygen atoms in total. The third-order valence-corrected chi connectivity index (χ3v) is 4.82. The van der Waals surface area contributed by atoms with Crippen molar-refractivity contribution in [3.8, 4) is 5.75 Å². The largest absolute Gasteiger partial charge is 0.490 e. The first-order chi connectivity index (χ1) is 12.0. The average molecular weight is 358 g/mol. The summed E-state index contributed by atoms with van der Waals surface area (Å²) >= 11 is 1.17. The minimum Gasteiger partial charge on any atom is -0.490 e. The molecule has 1 N–H and O–H groups in total. The molecule has 0 saturated heterocycles. The SMILES string of the molecule is CCOc1cccn2c(C(=O)CCc3csc(C(=O)O)c3)c(C)nc12. The summed E-state index contributed by atoms with van der Waals surface area (Å²) in [6.07, 6.45) is 2.60. The zero-order valence-electron chi connectivity index (χ0n) is 14.0. The van der Waals surface area contributed by atoms with E-state index in [0.29, 0.717) is 42.2 Å². The zero-order valence-corrected chi connectivity index (χ0v) is 14.8. The van der Waals surface area contributed by atoms with Crippen molar-refractivity contribution in [3.05, 3.63) is 51.6 Å². The molecule has 0 amide bonds. The number of aromatic carboxylic acids is 1. The maximum absolute atomic E-state index is 12.7. The van der Waals surface area contributed by atoms with Gasteiger partial charge in [-0.05, 0) is 49.4 Å². The number of aromatic nitrogens is 2. The molecule has 0 bridgehead atoms. The van der Waals surface area contributed by atoms with Crippen LogP contribution in [0.3, 0.4) is 0 Å². The molecule has 3 aromatic heterocycles. The predicted molar refractivity (Wildman–Crippen MR) is 95.0 cm³/mol. The maximum Gasteiger partial charge on any atom is 0.345 e. The summed E-state index contributed by atoms with van der Waals surface area (Å²) in [6, 6.07) is 5.28. The number of hydrogen-bond donors (Lipinski definition) is 1. The number of thiophene rings is 1. The van der Waals surface area contributed by atoms with Crippen LogP contribution in [0.4, 0.5) is 0 Å². The average Bonchev–Trinajstić information content (AvgIpc) is 3.17. The van der Waals surface area contributed by atoms with Gasteiger partial charge in [0.25, 0.3) is 0 Å². The normalized spacial score (nSPS) is 11.0. The number of ketones is 1. The topological polar surface area (TPSA) is 80.9 Å². The van der Waals surface area contributed by atoms with Crippen molar-refractivity contribution in [1.29, 1.82) is 0 Å². The van der Waals surface area contributed by atoms with Gasteiger partial charge in [-0.3, -0.25) is 9.20 Å². The standard InChI is InChI=1S/C18H18N2O4S/c1-3-24-14-5-4-8-20-16(11(2)19-17(14)20)13(21)7-6-12-9-15(18(22)23)25-10-12/h4-5,8-10H,3,6-7H2,1-2H3,(H,22,23). The summed E-state index contributed by atoms with van der Waals surface area (Å²) in [5.74, 6) is -0.318. The van der Waals surface area contributed by atoms with Gasteiger partial charge in [-0.25, -0.2) is 9.78 Å². The van der Waals surface area contributed by atoms with E-state index >= 15 is 0 Å². The van der Waals surface area contributed by atoms with Crippen molar-refractivity contribution in [1.82, 2.24) is 9.38 Å². The molecule has 0 fully saturated rings. The molecule has 3 heterocycles. The molecule has 7 heteroatoms. The van der Waals surface area contributed by atoms with E-state index in [9.17, 15) is 9.59 Å². The van der Waals surface area contributed by atoms with Crippen LogP contribution in [0.1, 0.15) is 44.8 Å². The number of carbonyl (C=O) groups is 2. The van der Waals surface area contributed by atoms with Gasteiger partial charge < -0.3 is 9.84 Å². The molecular formula is C18H18N2O4S. The first-order valence-corrected chi connectivity index (χ1v) is 8.83. The van der Waals surface area contributed by atoms with Crippen LogP contribution in [-0.4, -0.2) is 32.9 Å². The number of hydrogen-bond acceptors (Lipinski definition) is 5. The van der Waals surface area contributed by atoms with Crippen LogP contribution < -0.4 is 4.74 Å². The second-order valence-electron chi connectivity index (χ2n) is 5.59. The smallest absolute Gasteiger partial charge is 0.345 e. The molecule has 3 aromatic rings. The van der Waals surface area contributed by atoms with Crippen molar-refractivity contribution in [2.24, 2.45) is 0 Å². The second-order valence-corrected chi connectivity index (χ2v) is 6.50. The Morgan fingerprint density at radius 2 is 2.20 bits per heavy atom. The van der Waals surface area contributed by atoms with Crippen molar-refractivity contribution in [2.75, 3.05) is 6.61 Å². The lowest BCUT2D eigenvalue weighted by Gasteiger charge is -2.06. The van der Waals surface area contributed by atoms with Crippen LogP contribution in [0, 0.1) is 6.92 Å². The molecule has 0 aliphatic rings. The van der Waals surface area contributed by atoms with Gasteiger partial charge in [-0.1, -0.05) is 0 Å². The highest BCUT2D eigenvalue weighted by Crippen LogP contribution is 2.24. The van der Waals surface area contributed by atoms with Gasteiger partial charge in [0, 0.05) is 12.6 Å². The summed E-state index contributed by atoms with van der Waals surface area (Å²) in [4.78, 5) is 28.4. The fourth-order valence-electron chi connectivity index (χ4n) is 2.76. The molecule has 0 aliphatic heterocycles. The van der Waals surface area contributed by atoms with Gasteiger partial charge in [0.1, 0.15) is 10.6 Å². The number of pyridine rings is 1. The van der Waals surface area contributed by atoms with E-state index in [0.717, 1.165) is 5.56 Å². The predicted octanol–water partition coefficient (Wildman–Crippen LogP) is 3.62. The molecule has 130 valence electrons. The third-order valence-electron chi connectivity index (χ3n) is 3.86. The Bertz CT molecular complexity index is 942. The number of Topliss-reactive ketones (excluding diaryl/α,β-unsaturated/α-hetero) is 1. The monoisotopic (exact) mass is 358 g/mol. The Kier molecular flexibility index (Phi) is 4.85. The Morgan fingerprint density at radius 3 is 2.88 bits per heavy atom. The van der Waals surface area contributed by atoms with Gasteiger partial charge in [-0.15, -0.1) is 11.3 Å². The molecule has 25 heavy (non-hydrogen) atoms. The van der Waals surface area contributed by atoms with Crippen LogP contribution in [0.5, 0.6) is 5.75 Å². The van der Waals surface area contributed by atoms with Gasteiger partial charge in [0.2, 0.25) is 0 Å². The highest BCUT2D eigenvalue weighted by molar-refractivity contribution is 7.12. The maximum atomic E-state index is 12.7. The molecule has 3 rings (SSSR count). The van der Waals surface area contributed by atoms with Crippen LogP contribution in [0.2, 0.25) is 0 Å². The first-order valence-electron chi connectivity index (χ1n) is 7.95. The minimum absolute atomic E-state index is 0.0262. The first kappa shape index (κ1) is 17.2. The lowest BCUT2D eigenvalue weighted by Crippen LogP contribution is -2.07. The lowest BCUT2D eigenvalue weighted by atomic mass is 10.1. The number of carboxylic acid groups (broad SMARTS) is 1. The van der Waals surface area contributed by atoms with E-state index in [1.807, 2.05) is 26.0 Å². The number of aryl methyl sites for hydroxylation is 2. The van der Waals surface area contributed by atoms with E-state index in [-0.39, 0.29) is 10.7 Å². The number of carbonyl (C=O) groups excluding carboxylic acids is 1. The van der Waals surface area contributed by atoms with Crippen LogP contribution in [0.25, 0.3) is 5.65 Å². The molecule has 0 aliphatic carbocycles. The van der Waals surface area contributed by atoms with Gasteiger partial charge >= 0.3 is 5.97 Å². The number of ether oxygens (including phenoxy) is 1. The Hall–Kier alpha value is -2.67. The van der Waals surface area contributed by atoms with Crippen molar-refractivity contribution in [2.45, 2.75) is 26.7 Å². The highest BCUT2D eigenvalue weighted by Gasteiger charge is 2.19. The molecule has 0 radical (unpaired) electrons. The Balaban J connectivity index is 1.83. The fourth-order valence-corrected chi connectivity index (χ4v) is 3.54. The number of carboxylic acids is 1. The van der Waals surface area contributed by atoms with E-state index in [2.05, 4.69) is 4.98 Å². The number of rotatable bonds is 7. The molecule has 0 atom stereocenters.